The number of rotatable bonds is 2. The van der Waals surface area contributed by atoms with Crippen molar-refractivity contribution in [2.75, 3.05) is 20.2 Å². The average Bonchev–Trinajstić information content (AvgIpc) is 2.92. The molecule has 5 unspecified atom stereocenters. The SMILES string of the molecule is CCC1CC2CC3c4sc5ccc(OC)cc5c4CCN(C2)C13. The first-order valence-corrected chi connectivity index (χ1v) is 9.93. The Kier molecular flexibility index (Phi) is 3.24. The minimum absolute atomic E-state index is 0.786. The van der Waals surface area contributed by atoms with E-state index in [1.54, 1.807) is 17.6 Å². The lowest BCUT2D eigenvalue weighted by atomic mass is 9.66. The van der Waals surface area contributed by atoms with Crippen LogP contribution in [0.1, 0.15) is 42.5 Å². The van der Waals surface area contributed by atoms with Gasteiger partial charge in [-0.1, -0.05) is 13.3 Å². The Labute approximate surface area is 142 Å². The zero-order valence-electron chi connectivity index (χ0n) is 14.0. The summed E-state index contributed by atoms with van der Waals surface area (Å²) in [5.74, 6) is 3.63. The number of benzene rings is 1. The molecule has 0 amide bonds. The molecule has 5 atom stereocenters. The van der Waals surface area contributed by atoms with Gasteiger partial charge >= 0.3 is 0 Å². The molecule has 1 saturated carbocycles. The van der Waals surface area contributed by atoms with Crippen molar-refractivity contribution in [2.45, 2.75) is 44.6 Å². The van der Waals surface area contributed by atoms with Crippen LogP contribution in [0.4, 0.5) is 0 Å². The topological polar surface area (TPSA) is 12.5 Å². The second-order valence-electron chi connectivity index (χ2n) is 7.65. The van der Waals surface area contributed by atoms with Gasteiger partial charge in [-0.2, -0.15) is 0 Å². The van der Waals surface area contributed by atoms with Crippen molar-refractivity contribution >= 4 is 21.4 Å². The smallest absolute Gasteiger partial charge is 0.119 e. The molecule has 4 aliphatic rings. The molecule has 2 nitrogen and oxygen atoms in total. The van der Waals surface area contributed by atoms with Crippen LogP contribution in [0.5, 0.6) is 5.75 Å². The molecule has 6 rings (SSSR count). The predicted octanol–water partition coefficient (Wildman–Crippen LogP) is 4.67. The summed E-state index contributed by atoms with van der Waals surface area (Å²) in [6.07, 6.45) is 5.47. The maximum Gasteiger partial charge on any atom is 0.119 e. The molecule has 2 saturated heterocycles. The van der Waals surface area contributed by atoms with Gasteiger partial charge in [0.15, 0.2) is 0 Å². The molecule has 4 bridgehead atoms. The molecule has 3 heteroatoms. The summed E-state index contributed by atoms with van der Waals surface area (Å²) in [7, 11) is 1.77. The molecule has 23 heavy (non-hydrogen) atoms. The van der Waals surface area contributed by atoms with Gasteiger partial charge in [0, 0.05) is 34.6 Å². The summed E-state index contributed by atoms with van der Waals surface area (Å²) in [4.78, 5) is 4.55. The Morgan fingerprint density at radius 3 is 3.04 bits per heavy atom. The Hall–Kier alpha value is -1.06. The van der Waals surface area contributed by atoms with Gasteiger partial charge < -0.3 is 4.74 Å². The van der Waals surface area contributed by atoms with Gasteiger partial charge in [-0.25, -0.2) is 0 Å². The number of piperidine rings is 2. The summed E-state index contributed by atoms with van der Waals surface area (Å²) < 4.78 is 6.94. The fraction of sp³-hybridized carbons (Fsp3) is 0.600. The molecule has 122 valence electrons. The van der Waals surface area contributed by atoms with Gasteiger partial charge in [-0.05, 0) is 60.2 Å². The summed E-state index contributed by atoms with van der Waals surface area (Å²) in [6.45, 7) is 5.01. The van der Waals surface area contributed by atoms with E-state index in [4.69, 9.17) is 4.74 Å². The highest BCUT2D eigenvalue weighted by Crippen LogP contribution is 2.53. The summed E-state index contributed by atoms with van der Waals surface area (Å²) in [5, 5.41) is 1.46. The first-order valence-electron chi connectivity index (χ1n) is 9.11. The van der Waals surface area contributed by atoms with E-state index in [0.717, 1.165) is 29.5 Å². The molecular formula is C20H25NOS. The molecule has 0 spiro atoms. The third-order valence-electron chi connectivity index (χ3n) is 6.57. The van der Waals surface area contributed by atoms with Crippen molar-refractivity contribution < 1.29 is 4.74 Å². The highest BCUT2D eigenvalue weighted by atomic mass is 32.1. The van der Waals surface area contributed by atoms with Crippen molar-refractivity contribution in [3.8, 4) is 5.75 Å². The first kappa shape index (κ1) is 14.3. The van der Waals surface area contributed by atoms with Crippen LogP contribution < -0.4 is 4.74 Å². The third-order valence-corrected chi connectivity index (χ3v) is 7.92. The van der Waals surface area contributed by atoms with E-state index in [1.807, 2.05) is 0 Å². The van der Waals surface area contributed by atoms with Crippen LogP contribution in [0.2, 0.25) is 0 Å². The van der Waals surface area contributed by atoms with Gasteiger partial charge in [-0.15, -0.1) is 11.3 Å². The minimum atomic E-state index is 0.786. The number of nitrogens with zero attached hydrogens (tertiary/aromatic N) is 1. The van der Waals surface area contributed by atoms with E-state index in [0.29, 0.717) is 0 Å². The monoisotopic (exact) mass is 327 g/mol. The van der Waals surface area contributed by atoms with Crippen LogP contribution in [0.3, 0.4) is 0 Å². The van der Waals surface area contributed by atoms with E-state index < -0.39 is 0 Å². The molecule has 0 radical (unpaired) electrons. The highest BCUT2D eigenvalue weighted by Gasteiger charge is 2.48. The van der Waals surface area contributed by atoms with Crippen LogP contribution in [0, 0.1) is 11.8 Å². The number of hydrogen-bond acceptors (Lipinski definition) is 3. The minimum Gasteiger partial charge on any atom is -0.497 e. The molecule has 1 aliphatic carbocycles. The molecule has 4 heterocycles. The Bertz CT molecular complexity index is 751. The van der Waals surface area contributed by atoms with Gasteiger partial charge in [0.05, 0.1) is 7.11 Å². The normalized spacial score (nSPS) is 35.1. The number of hydrogen-bond donors (Lipinski definition) is 0. The third kappa shape index (κ3) is 2.02. The Balaban J connectivity index is 1.66. The lowest BCUT2D eigenvalue weighted by Crippen LogP contribution is -2.55. The van der Waals surface area contributed by atoms with Gasteiger partial charge in [0.25, 0.3) is 0 Å². The second-order valence-corrected chi connectivity index (χ2v) is 8.74. The van der Waals surface area contributed by atoms with Crippen molar-refractivity contribution in [3.05, 3.63) is 28.6 Å². The maximum atomic E-state index is 5.48. The molecular weight excluding hydrogens is 302 g/mol. The zero-order valence-corrected chi connectivity index (χ0v) is 14.9. The largest absolute Gasteiger partial charge is 0.497 e. The molecule has 1 aromatic carbocycles. The lowest BCUT2D eigenvalue weighted by Gasteiger charge is -2.53. The van der Waals surface area contributed by atoms with Gasteiger partial charge in [0.1, 0.15) is 5.75 Å². The van der Waals surface area contributed by atoms with E-state index in [2.05, 4.69) is 41.4 Å². The number of methoxy groups -OCH3 is 1. The fourth-order valence-electron chi connectivity index (χ4n) is 5.64. The zero-order chi connectivity index (χ0) is 15.6. The molecule has 0 N–H and O–H groups in total. The van der Waals surface area contributed by atoms with E-state index >= 15 is 0 Å². The number of thiophene rings is 1. The molecule has 3 aliphatic heterocycles. The van der Waals surface area contributed by atoms with Crippen LogP contribution in [-0.2, 0) is 6.42 Å². The first-order chi connectivity index (χ1) is 11.3. The maximum absolute atomic E-state index is 5.48. The van der Waals surface area contributed by atoms with E-state index in [1.165, 1.54) is 48.9 Å². The molecule has 2 aromatic rings. The lowest BCUT2D eigenvalue weighted by molar-refractivity contribution is -0.0118. The van der Waals surface area contributed by atoms with Gasteiger partial charge in [-0.3, -0.25) is 4.90 Å². The quantitative estimate of drug-likeness (QED) is 0.795. The Morgan fingerprint density at radius 1 is 1.30 bits per heavy atom. The van der Waals surface area contributed by atoms with E-state index in [9.17, 15) is 0 Å². The Morgan fingerprint density at radius 2 is 2.22 bits per heavy atom. The predicted molar refractivity (Wildman–Crippen MR) is 96.7 cm³/mol. The highest BCUT2D eigenvalue weighted by molar-refractivity contribution is 7.19. The average molecular weight is 327 g/mol. The summed E-state index contributed by atoms with van der Waals surface area (Å²) in [6, 6.07) is 7.46. The van der Waals surface area contributed by atoms with Crippen molar-refractivity contribution in [1.82, 2.24) is 4.90 Å². The van der Waals surface area contributed by atoms with E-state index in [-0.39, 0.29) is 0 Å². The van der Waals surface area contributed by atoms with Crippen LogP contribution in [0.15, 0.2) is 18.2 Å². The second kappa shape index (κ2) is 5.22. The van der Waals surface area contributed by atoms with Crippen molar-refractivity contribution in [2.24, 2.45) is 11.8 Å². The molecule has 3 fully saturated rings. The number of fused-ring (bicyclic) bond motifs is 4. The van der Waals surface area contributed by atoms with Crippen molar-refractivity contribution in [1.29, 1.82) is 0 Å². The van der Waals surface area contributed by atoms with Crippen molar-refractivity contribution in [3.63, 3.8) is 0 Å². The summed E-state index contributed by atoms with van der Waals surface area (Å²) in [5.41, 5.74) is 1.64. The number of ether oxygens (including phenoxy) is 1. The fourth-order valence-corrected chi connectivity index (χ4v) is 7.03. The standard InChI is InChI=1S/C20H25NOS/c1-3-13-8-12-9-17-19(13)21(11-12)7-6-15-16-10-14(22-2)4-5-18(16)23-20(15)17/h4-5,10,12-13,17,19H,3,6-9,11H2,1-2H3. The molecule has 1 aromatic heterocycles. The van der Waals surface area contributed by atoms with Crippen LogP contribution >= 0.6 is 11.3 Å². The van der Waals surface area contributed by atoms with Crippen LogP contribution in [-0.4, -0.2) is 31.1 Å². The van der Waals surface area contributed by atoms with Crippen LogP contribution in [0.25, 0.3) is 10.1 Å². The summed E-state index contributed by atoms with van der Waals surface area (Å²) >= 11 is 2.07. The van der Waals surface area contributed by atoms with Gasteiger partial charge in [0.2, 0.25) is 0 Å².